The Morgan fingerprint density at radius 3 is 2.15 bits per heavy atom. The van der Waals surface area contributed by atoms with Crippen LogP contribution in [0.25, 0.3) is 0 Å². The molecule has 0 heterocycles. The zero-order valence-corrected chi connectivity index (χ0v) is 15.5. The van der Waals surface area contributed by atoms with Crippen molar-refractivity contribution in [1.29, 1.82) is 0 Å². The van der Waals surface area contributed by atoms with Crippen LogP contribution >= 0.6 is 23.8 Å². The van der Waals surface area contributed by atoms with Crippen molar-refractivity contribution in [3.05, 3.63) is 100 Å². The number of halogens is 2. The van der Waals surface area contributed by atoms with Crippen molar-refractivity contribution in [2.24, 2.45) is 0 Å². The van der Waals surface area contributed by atoms with Crippen LogP contribution in [0, 0.1) is 5.82 Å². The lowest BCUT2D eigenvalue weighted by Crippen LogP contribution is -2.21. The van der Waals surface area contributed by atoms with E-state index in [-0.39, 0.29) is 5.82 Å². The van der Waals surface area contributed by atoms with Crippen LogP contribution in [0.15, 0.2) is 72.8 Å². The van der Waals surface area contributed by atoms with E-state index >= 15 is 0 Å². The van der Waals surface area contributed by atoms with Gasteiger partial charge in [0.15, 0.2) is 0 Å². The van der Waals surface area contributed by atoms with Crippen LogP contribution in [-0.4, -0.2) is 4.99 Å². The van der Waals surface area contributed by atoms with Gasteiger partial charge in [-0.15, -0.1) is 0 Å². The highest BCUT2D eigenvalue weighted by Crippen LogP contribution is 2.16. The molecule has 0 aliphatic carbocycles. The summed E-state index contributed by atoms with van der Waals surface area (Å²) < 4.78 is 18.7. The number of benzene rings is 3. The monoisotopic (exact) mass is 385 g/mol. The van der Waals surface area contributed by atoms with Crippen molar-refractivity contribution < 1.29 is 9.13 Å². The van der Waals surface area contributed by atoms with Gasteiger partial charge in [-0.25, -0.2) is 4.39 Å². The molecule has 0 bridgehead atoms. The van der Waals surface area contributed by atoms with Crippen LogP contribution < -0.4 is 10.1 Å². The van der Waals surface area contributed by atoms with Crippen LogP contribution in [0.4, 0.5) is 4.39 Å². The van der Waals surface area contributed by atoms with E-state index in [1.165, 1.54) is 12.1 Å². The average Bonchev–Trinajstić information content (AvgIpc) is 2.67. The van der Waals surface area contributed by atoms with Gasteiger partial charge in [0.05, 0.1) is 0 Å². The minimum absolute atomic E-state index is 0.245. The zero-order valence-electron chi connectivity index (χ0n) is 13.9. The Balaban J connectivity index is 1.52. The molecule has 0 saturated heterocycles. The molecule has 0 aliphatic rings. The summed E-state index contributed by atoms with van der Waals surface area (Å²) in [6.07, 6.45) is 0. The summed E-state index contributed by atoms with van der Waals surface area (Å²) in [7, 11) is 0. The van der Waals surface area contributed by atoms with Gasteiger partial charge in [-0.3, -0.25) is 0 Å². The van der Waals surface area contributed by atoms with Crippen molar-refractivity contribution in [3.8, 4) is 5.75 Å². The second-order valence-corrected chi connectivity index (χ2v) is 6.59. The number of thiocarbonyl (C=S) groups is 1. The van der Waals surface area contributed by atoms with Gasteiger partial charge in [0.25, 0.3) is 0 Å². The molecule has 0 aromatic heterocycles. The average molecular weight is 386 g/mol. The number of rotatable bonds is 6. The molecule has 26 heavy (non-hydrogen) atoms. The number of hydrogen-bond acceptors (Lipinski definition) is 2. The van der Waals surface area contributed by atoms with Gasteiger partial charge in [0, 0.05) is 17.1 Å². The molecule has 0 saturated carbocycles. The Morgan fingerprint density at radius 1 is 0.885 bits per heavy atom. The van der Waals surface area contributed by atoms with Gasteiger partial charge < -0.3 is 10.1 Å². The first-order valence-electron chi connectivity index (χ1n) is 8.10. The van der Waals surface area contributed by atoms with E-state index in [0.717, 1.165) is 22.4 Å². The van der Waals surface area contributed by atoms with Crippen LogP contribution in [0.2, 0.25) is 5.02 Å². The summed E-state index contributed by atoms with van der Waals surface area (Å²) in [6.45, 7) is 1.03. The zero-order chi connectivity index (χ0) is 18.4. The van der Waals surface area contributed by atoms with E-state index in [1.54, 1.807) is 12.1 Å². The number of ether oxygens (including phenoxy) is 1. The molecule has 1 N–H and O–H groups in total. The standard InChI is InChI=1S/C21H17ClFNOS/c22-18-7-1-16(2-8-18)14-25-20-11-5-17(6-12-20)21(26)24-13-15-3-9-19(23)10-4-15/h1-12H,13-14H2,(H,24,26). The van der Waals surface area contributed by atoms with Gasteiger partial charge in [0.2, 0.25) is 0 Å². The smallest absolute Gasteiger partial charge is 0.123 e. The van der Waals surface area contributed by atoms with Gasteiger partial charge in [-0.05, 0) is 59.7 Å². The van der Waals surface area contributed by atoms with Gasteiger partial charge in [0.1, 0.15) is 23.2 Å². The quantitative estimate of drug-likeness (QED) is 0.564. The molecule has 3 aromatic rings. The van der Waals surface area contributed by atoms with Crippen LogP contribution in [0.5, 0.6) is 5.75 Å². The number of hydrogen-bond donors (Lipinski definition) is 1. The van der Waals surface area contributed by atoms with Crippen molar-refractivity contribution in [3.63, 3.8) is 0 Å². The molecule has 2 nitrogen and oxygen atoms in total. The number of nitrogens with one attached hydrogen (secondary N) is 1. The second-order valence-electron chi connectivity index (χ2n) is 5.75. The van der Waals surface area contributed by atoms with Crippen molar-refractivity contribution in [2.45, 2.75) is 13.2 Å². The largest absolute Gasteiger partial charge is 0.489 e. The fraction of sp³-hybridized carbons (Fsp3) is 0.0952. The van der Waals surface area contributed by atoms with E-state index in [1.807, 2.05) is 48.5 Å². The van der Waals surface area contributed by atoms with E-state index in [2.05, 4.69) is 5.32 Å². The lowest BCUT2D eigenvalue weighted by Gasteiger charge is -2.10. The van der Waals surface area contributed by atoms with E-state index in [4.69, 9.17) is 28.6 Å². The van der Waals surface area contributed by atoms with E-state index in [9.17, 15) is 4.39 Å². The summed E-state index contributed by atoms with van der Waals surface area (Å²) in [5, 5.41) is 3.88. The first-order chi connectivity index (χ1) is 12.6. The molecular weight excluding hydrogens is 369 g/mol. The minimum atomic E-state index is -0.245. The van der Waals surface area contributed by atoms with Gasteiger partial charge >= 0.3 is 0 Å². The maximum Gasteiger partial charge on any atom is 0.123 e. The molecule has 0 unspecified atom stereocenters. The van der Waals surface area contributed by atoms with Crippen molar-refractivity contribution >= 4 is 28.8 Å². The lowest BCUT2D eigenvalue weighted by atomic mass is 10.2. The Bertz CT molecular complexity index is 864. The van der Waals surface area contributed by atoms with Crippen molar-refractivity contribution in [2.75, 3.05) is 0 Å². The molecule has 132 valence electrons. The Hall–Kier alpha value is -2.43. The third kappa shape index (κ3) is 5.28. The van der Waals surface area contributed by atoms with Crippen LogP contribution in [-0.2, 0) is 13.2 Å². The van der Waals surface area contributed by atoms with Crippen LogP contribution in [0.3, 0.4) is 0 Å². The molecule has 0 spiro atoms. The van der Waals surface area contributed by atoms with E-state index in [0.29, 0.717) is 23.2 Å². The molecule has 5 heteroatoms. The fourth-order valence-corrected chi connectivity index (χ4v) is 2.67. The molecule has 0 radical (unpaired) electrons. The fourth-order valence-electron chi connectivity index (χ4n) is 2.34. The molecule has 0 aliphatic heterocycles. The summed E-state index contributed by atoms with van der Waals surface area (Å²) in [5.74, 6) is 0.524. The van der Waals surface area contributed by atoms with Crippen LogP contribution in [0.1, 0.15) is 16.7 Å². The molecule has 0 atom stereocenters. The van der Waals surface area contributed by atoms with E-state index < -0.39 is 0 Å². The molecule has 3 rings (SSSR count). The lowest BCUT2D eigenvalue weighted by molar-refractivity contribution is 0.306. The molecule has 0 amide bonds. The summed E-state index contributed by atoms with van der Waals surface area (Å²) in [4.78, 5) is 0.638. The first kappa shape index (κ1) is 18.4. The molecular formula is C21H17ClFNOS. The predicted molar refractivity (Wildman–Crippen MR) is 107 cm³/mol. The van der Waals surface area contributed by atoms with Gasteiger partial charge in [-0.1, -0.05) is 48.1 Å². The highest BCUT2D eigenvalue weighted by Gasteiger charge is 2.03. The van der Waals surface area contributed by atoms with Gasteiger partial charge in [-0.2, -0.15) is 0 Å². The third-order valence-corrected chi connectivity index (χ3v) is 4.43. The second kappa shape index (κ2) is 8.79. The highest BCUT2D eigenvalue weighted by atomic mass is 35.5. The minimum Gasteiger partial charge on any atom is -0.489 e. The molecule has 3 aromatic carbocycles. The Morgan fingerprint density at radius 2 is 1.50 bits per heavy atom. The third-order valence-electron chi connectivity index (χ3n) is 3.80. The molecule has 0 fully saturated rings. The maximum atomic E-state index is 12.9. The Labute approximate surface area is 162 Å². The summed E-state index contributed by atoms with van der Waals surface area (Å²) >= 11 is 11.3. The topological polar surface area (TPSA) is 21.3 Å². The summed E-state index contributed by atoms with van der Waals surface area (Å²) in [5.41, 5.74) is 2.92. The summed E-state index contributed by atoms with van der Waals surface area (Å²) in [6, 6.07) is 21.5. The maximum absolute atomic E-state index is 12.9. The predicted octanol–water partition coefficient (Wildman–Crippen LogP) is 5.52. The highest BCUT2D eigenvalue weighted by molar-refractivity contribution is 7.80. The Kier molecular flexibility index (Phi) is 6.21. The SMILES string of the molecule is Fc1ccc(CNC(=S)c2ccc(OCc3ccc(Cl)cc3)cc2)cc1. The normalized spacial score (nSPS) is 10.4. The van der Waals surface area contributed by atoms with Crippen molar-refractivity contribution in [1.82, 2.24) is 5.32 Å². The first-order valence-corrected chi connectivity index (χ1v) is 8.89.